The molecule has 2 rings (SSSR count). The number of hydrogen-bond acceptors (Lipinski definition) is 3. The first-order chi connectivity index (χ1) is 7.86. The van der Waals surface area contributed by atoms with E-state index >= 15 is 0 Å². The lowest BCUT2D eigenvalue weighted by atomic mass is 9.96. The van der Waals surface area contributed by atoms with Crippen molar-refractivity contribution in [1.29, 1.82) is 0 Å². The van der Waals surface area contributed by atoms with E-state index in [1.807, 2.05) is 0 Å². The normalized spacial score (nSPS) is 26.9. The van der Waals surface area contributed by atoms with E-state index in [-0.39, 0.29) is 11.8 Å². The maximum Gasteiger partial charge on any atom is 0.224 e. The second kappa shape index (κ2) is 6.21. The van der Waals surface area contributed by atoms with Gasteiger partial charge < -0.3 is 15.4 Å². The van der Waals surface area contributed by atoms with Crippen molar-refractivity contribution in [2.24, 2.45) is 11.8 Å². The molecule has 0 aromatic carbocycles. The van der Waals surface area contributed by atoms with E-state index in [0.717, 1.165) is 64.4 Å². The maximum atomic E-state index is 11.7. The average molecular weight is 226 g/mol. The van der Waals surface area contributed by atoms with E-state index in [1.165, 1.54) is 0 Å². The van der Waals surface area contributed by atoms with E-state index in [9.17, 15) is 4.79 Å². The van der Waals surface area contributed by atoms with Crippen LogP contribution in [0.25, 0.3) is 0 Å². The van der Waals surface area contributed by atoms with Crippen molar-refractivity contribution in [3.8, 4) is 0 Å². The zero-order chi connectivity index (χ0) is 11.2. The van der Waals surface area contributed by atoms with Crippen molar-refractivity contribution in [3.05, 3.63) is 0 Å². The van der Waals surface area contributed by atoms with Crippen LogP contribution in [0.4, 0.5) is 0 Å². The second-order valence-corrected chi connectivity index (χ2v) is 4.83. The summed E-state index contributed by atoms with van der Waals surface area (Å²) in [7, 11) is 0. The van der Waals surface area contributed by atoms with E-state index in [0.29, 0.717) is 0 Å². The third-order valence-electron chi connectivity index (χ3n) is 3.62. The molecule has 0 bridgehead atoms. The quantitative estimate of drug-likeness (QED) is 0.735. The van der Waals surface area contributed by atoms with Crippen LogP contribution in [0.15, 0.2) is 0 Å². The summed E-state index contributed by atoms with van der Waals surface area (Å²) in [6.07, 6.45) is 4.40. The summed E-state index contributed by atoms with van der Waals surface area (Å²) in [5.74, 6) is 1.18. The van der Waals surface area contributed by atoms with Gasteiger partial charge in [0.05, 0.1) is 5.92 Å². The van der Waals surface area contributed by atoms with Crippen LogP contribution in [0.5, 0.6) is 0 Å². The Morgan fingerprint density at radius 3 is 2.81 bits per heavy atom. The zero-order valence-corrected chi connectivity index (χ0v) is 9.84. The standard InChI is InChI=1S/C12H22N2O2/c15-12(11-2-5-13-9-11)14-6-1-10-3-7-16-8-4-10/h10-11,13H,1-9H2,(H,14,15). The van der Waals surface area contributed by atoms with Gasteiger partial charge in [-0.1, -0.05) is 0 Å². The molecule has 1 unspecified atom stereocenters. The van der Waals surface area contributed by atoms with Gasteiger partial charge in [0, 0.05) is 26.3 Å². The van der Waals surface area contributed by atoms with Gasteiger partial charge in [-0.25, -0.2) is 0 Å². The van der Waals surface area contributed by atoms with Crippen LogP contribution in [0.3, 0.4) is 0 Å². The molecule has 4 heteroatoms. The Morgan fingerprint density at radius 2 is 2.12 bits per heavy atom. The fourth-order valence-corrected chi connectivity index (χ4v) is 2.46. The van der Waals surface area contributed by atoms with Gasteiger partial charge in [0.15, 0.2) is 0 Å². The van der Waals surface area contributed by atoms with Crippen molar-refractivity contribution in [2.45, 2.75) is 25.7 Å². The van der Waals surface area contributed by atoms with Gasteiger partial charge in [0.1, 0.15) is 0 Å². The maximum absolute atomic E-state index is 11.7. The molecule has 2 fully saturated rings. The number of nitrogens with one attached hydrogen (secondary N) is 2. The van der Waals surface area contributed by atoms with Crippen molar-refractivity contribution >= 4 is 5.91 Å². The zero-order valence-electron chi connectivity index (χ0n) is 9.84. The van der Waals surface area contributed by atoms with Gasteiger partial charge in [-0.05, 0) is 38.1 Å². The lowest BCUT2D eigenvalue weighted by Crippen LogP contribution is -2.33. The lowest BCUT2D eigenvalue weighted by Gasteiger charge is -2.22. The Balaban J connectivity index is 1.57. The summed E-state index contributed by atoms with van der Waals surface area (Å²) in [6.45, 7) is 4.46. The number of ether oxygens (including phenoxy) is 1. The van der Waals surface area contributed by atoms with E-state index in [2.05, 4.69) is 10.6 Å². The molecule has 2 saturated heterocycles. The second-order valence-electron chi connectivity index (χ2n) is 4.83. The molecular formula is C12H22N2O2. The van der Waals surface area contributed by atoms with Crippen molar-refractivity contribution in [2.75, 3.05) is 32.8 Å². The predicted molar refractivity (Wildman–Crippen MR) is 62.1 cm³/mol. The smallest absolute Gasteiger partial charge is 0.224 e. The van der Waals surface area contributed by atoms with Crippen LogP contribution in [0, 0.1) is 11.8 Å². The highest BCUT2D eigenvalue weighted by Gasteiger charge is 2.22. The van der Waals surface area contributed by atoms with Crippen LogP contribution in [0.2, 0.25) is 0 Å². The van der Waals surface area contributed by atoms with Gasteiger partial charge in [0.2, 0.25) is 5.91 Å². The van der Waals surface area contributed by atoms with Gasteiger partial charge in [0.25, 0.3) is 0 Å². The molecule has 0 spiro atoms. The molecule has 0 radical (unpaired) electrons. The SMILES string of the molecule is O=C(NCCC1CCOCC1)C1CCNC1. The minimum atomic E-state index is 0.203. The number of hydrogen-bond donors (Lipinski definition) is 2. The third kappa shape index (κ3) is 3.46. The third-order valence-corrected chi connectivity index (χ3v) is 3.62. The monoisotopic (exact) mass is 226 g/mol. The van der Waals surface area contributed by atoms with Crippen LogP contribution >= 0.6 is 0 Å². The van der Waals surface area contributed by atoms with Crippen molar-refractivity contribution < 1.29 is 9.53 Å². The van der Waals surface area contributed by atoms with E-state index in [1.54, 1.807) is 0 Å². The van der Waals surface area contributed by atoms with Crippen LogP contribution in [-0.2, 0) is 9.53 Å². The Bertz CT molecular complexity index is 221. The minimum Gasteiger partial charge on any atom is -0.381 e. The molecule has 2 aliphatic heterocycles. The Hall–Kier alpha value is -0.610. The molecule has 2 N–H and O–H groups in total. The molecule has 2 aliphatic rings. The first-order valence-electron chi connectivity index (χ1n) is 6.42. The summed E-state index contributed by atoms with van der Waals surface area (Å²) >= 11 is 0. The topological polar surface area (TPSA) is 50.4 Å². The molecule has 16 heavy (non-hydrogen) atoms. The molecule has 1 amide bonds. The van der Waals surface area contributed by atoms with Crippen LogP contribution in [0.1, 0.15) is 25.7 Å². The summed E-state index contributed by atoms with van der Waals surface area (Å²) in [5, 5.41) is 6.27. The highest BCUT2D eigenvalue weighted by Crippen LogP contribution is 2.17. The number of carbonyl (C=O) groups excluding carboxylic acids is 1. The number of carbonyl (C=O) groups is 1. The molecule has 92 valence electrons. The summed E-state index contributed by atoms with van der Waals surface area (Å²) < 4.78 is 5.31. The predicted octanol–water partition coefficient (Wildman–Crippen LogP) is 0.529. The molecule has 0 aromatic rings. The number of amides is 1. The summed E-state index contributed by atoms with van der Waals surface area (Å²) in [4.78, 5) is 11.7. The van der Waals surface area contributed by atoms with Crippen molar-refractivity contribution in [3.63, 3.8) is 0 Å². The van der Waals surface area contributed by atoms with Gasteiger partial charge in [-0.15, -0.1) is 0 Å². The number of rotatable bonds is 4. The van der Waals surface area contributed by atoms with Crippen LogP contribution in [-0.4, -0.2) is 38.8 Å². The molecule has 0 saturated carbocycles. The molecule has 1 atom stereocenters. The highest BCUT2D eigenvalue weighted by atomic mass is 16.5. The minimum absolute atomic E-state index is 0.203. The highest BCUT2D eigenvalue weighted by molar-refractivity contribution is 5.79. The Kier molecular flexibility index (Phi) is 4.60. The van der Waals surface area contributed by atoms with Gasteiger partial charge >= 0.3 is 0 Å². The van der Waals surface area contributed by atoms with Gasteiger partial charge in [-0.3, -0.25) is 4.79 Å². The molecular weight excluding hydrogens is 204 g/mol. The molecule has 4 nitrogen and oxygen atoms in total. The summed E-state index contributed by atoms with van der Waals surface area (Å²) in [6, 6.07) is 0. The molecule has 0 aliphatic carbocycles. The lowest BCUT2D eigenvalue weighted by molar-refractivity contribution is -0.124. The summed E-state index contributed by atoms with van der Waals surface area (Å²) in [5.41, 5.74) is 0. The Labute approximate surface area is 97.1 Å². The van der Waals surface area contributed by atoms with E-state index in [4.69, 9.17) is 4.74 Å². The average Bonchev–Trinajstić information content (AvgIpc) is 2.84. The largest absolute Gasteiger partial charge is 0.381 e. The Morgan fingerprint density at radius 1 is 1.31 bits per heavy atom. The fourth-order valence-electron chi connectivity index (χ4n) is 2.46. The van der Waals surface area contributed by atoms with Gasteiger partial charge in [-0.2, -0.15) is 0 Å². The fraction of sp³-hybridized carbons (Fsp3) is 0.917. The van der Waals surface area contributed by atoms with Crippen LogP contribution < -0.4 is 10.6 Å². The first kappa shape index (κ1) is 11.9. The molecule has 2 heterocycles. The van der Waals surface area contributed by atoms with Crippen molar-refractivity contribution in [1.82, 2.24) is 10.6 Å². The molecule has 0 aromatic heterocycles. The first-order valence-corrected chi connectivity index (χ1v) is 6.42. The van der Waals surface area contributed by atoms with E-state index < -0.39 is 0 Å².